The minimum atomic E-state index is -0.161. The zero-order valence-corrected chi connectivity index (χ0v) is 14.0. The standard InChI is InChI=1S/C19H20N4O/c1-10(2)18-17(12-4-5-22-11(3)6-12)14-7-13(9-20)16(21)8-15(14)19(24)23-18/h4-10,20H,21H2,1-3H3,(H,23,24). The molecule has 0 radical (unpaired) electrons. The summed E-state index contributed by atoms with van der Waals surface area (Å²) in [6, 6.07) is 7.41. The highest BCUT2D eigenvalue weighted by Gasteiger charge is 2.17. The van der Waals surface area contributed by atoms with E-state index in [1.54, 1.807) is 12.3 Å². The molecule has 122 valence electrons. The Hall–Kier alpha value is -2.95. The molecule has 0 amide bonds. The Bertz CT molecular complexity index is 1000. The quantitative estimate of drug-likeness (QED) is 0.508. The molecule has 3 aromatic rings. The Kier molecular flexibility index (Phi) is 3.93. The Morgan fingerprint density at radius 2 is 2.00 bits per heavy atom. The van der Waals surface area contributed by atoms with E-state index in [9.17, 15) is 4.79 Å². The van der Waals surface area contributed by atoms with Gasteiger partial charge in [-0.3, -0.25) is 9.78 Å². The summed E-state index contributed by atoms with van der Waals surface area (Å²) in [6.45, 7) is 6.03. The zero-order valence-electron chi connectivity index (χ0n) is 14.0. The third kappa shape index (κ3) is 2.58. The number of H-pyrrole nitrogens is 1. The fraction of sp³-hybridized carbons (Fsp3) is 0.211. The van der Waals surface area contributed by atoms with Gasteiger partial charge in [0.25, 0.3) is 5.56 Å². The molecular formula is C19H20N4O. The van der Waals surface area contributed by atoms with Crippen molar-refractivity contribution >= 4 is 22.7 Å². The van der Waals surface area contributed by atoms with E-state index in [0.29, 0.717) is 16.6 Å². The van der Waals surface area contributed by atoms with Crippen LogP contribution in [0.5, 0.6) is 0 Å². The molecule has 0 atom stereocenters. The van der Waals surface area contributed by atoms with E-state index >= 15 is 0 Å². The van der Waals surface area contributed by atoms with Crippen molar-refractivity contribution in [3.63, 3.8) is 0 Å². The van der Waals surface area contributed by atoms with Crippen LogP contribution in [-0.2, 0) is 0 Å². The topological polar surface area (TPSA) is 95.6 Å². The van der Waals surface area contributed by atoms with Crippen LogP contribution >= 0.6 is 0 Å². The molecule has 0 fully saturated rings. The van der Waals surface area contributed by atoms with Gasteiger partial charge >= 0.3 is 0 Å². The average Bonchev–Trinajstić information content (AvgIpc) is 2.54. The maximum Gasteiger partial charge on any atom is 0.256 e. The summed E-state index contributed by atoms with van der Waals surface area (Å²) in [5.74, 6) is 0.145. The number of nitrogens with two attached hydrogens (primary N) is 1. The Morgan fingerprint density at radius 1 is 1.25 bits per heavy atom. The molecule has 0 saturated carbocycles. The number of aryl methyl sites for hydroxylation is 1. The molecule has 2 aromatic heterocycles. The molecule has 0 aliphatic carbocycles. The highest BCUT2D eigenvalue weighted by molar-refractivity contribution is 6.03. The number of rotatable bonds is 3. The Labute approximate surface area is 140 Å². The molecule has 0 unspecified atom stereocenters. The number of anilines is 1. The SMILES string of the molecule is Cc1cc(-c2c(C(C)C)[nH]c(=O)c3cc(N)c(C=N)cc23)ccn1. The van der Waals surface area contributed by atoms with Gasteiger partial charge in [-0.05, 0) is 48.1 Å². The summed E-state index contributed by atoms with van der Waals surface area (Å²) in [4.78, 5) is 19.8. The molecule has 0 bridgehead atoms. The Balaban J connectivity index is 2.52. The van der Waals surface area contributed by atoms with E-state index in [0.717, 1.165) is 27.9 Å². The van der Waals surface area contributed by atoms with Crippen LogP contribution in [0.25, 0.3) is 21.9 Å². The van der Waals surface area contributed by atoms with Crippen molar-refractivity contribution in [1.29, 1.82) is 5.41 Å². The van der Waals surface area contributed by atoms with Crippen LogP contribution in [0, 0.1) is 12.3 Å². The highest BCUT2D eigenvalue weighted by Crippen LogP contribution is 2.34. The summed E-state index contributed by atoms with van der Waals surface area (Å²) in [5.41, 5.74) is 10.6. The van der Waals surface area contributed by atoms with Crippen molar-refractivity contribution in [3.8, 4) is 11.1 Å². The first-order chi connectivity index (χ1) is 11.4. The second-order valence-electron chi connectivity index (χ2n) is 6.25. The van der Waals surface area contributed by atoms with Crippen molar-refractivity contribution in [2.75, 3.05) is 5.73 Å². The number of hydrogen-bond donors (Lipinski definition) is 3. The first kappa shape index (κ1) is 15.9. The second-order valence-corrected chi connectivity index (χ2v) is 6.25. The van der Waals surface area contributed by atoms with E-state index in [1.807, 2.05) is 39.0 Å². The number of aromatic amines is 1. The van der Waals surface area contributed by atoms with E-state index < -0.39 is 0 Å². The van der Waals surface area contributed by atoms with Crippen LogP contribution in [0.1, 0.15) is 36.7 Å². The lowest BCUT2D eigenvalue weighted by molar-refractivity contribution is 0.823. The van der Waals surface area contributed by atoms with Gasteiger partial charge in [-0.25, -0.2) is 0 Å². The molecule has 4 N–H and O–H groups in total. The lowest BCUT2D eigenvalue weighted by atomic mass is 9.92. The highest BCUT2D eigenvalue weighted by atomic mass is 16.1. The molecule has 24 heavy (non-hydrogen) atoms. The summed E-state index contributed by atoms with van der Waals surface area (Å²) in [5, 5.41) is 8.90. The third-order valence-electron chi connectivity index (χ3n) is 4.17. The lowest BCUT2D eigenvalue weighted by Crippen LogP contribution is -2.13. The predicted molar refractivity (Wildman–Crippen MR) is 98.9 cm³/mol. The van der Waals surface area contributed by atoms with Crippen molar-refractivity contribution < 1.29 is 0 Å². The summed E-state index contributed by atoms with van der Waals surface area (Å²) >= 11 is 0. The monoisotopic (exact) mass is 320 g/mol. The van der Waals surface area contributed by atoms with Crippen LogP contribution in [0.4, 0.5) is 5.69 Å². The van der Waals surface area contributed by atoms with Crippen LogP contribution in [-0.4, -0.2) is 16.2 Å². The first-order valence-corrected chi connectivity index (χ1v) is 7.85. The fourth-order valence-corrected chi connectivity index (χ4v) is 3.00. The van der Waals surface area contributed by atoms with Gasteiger partial charge in [-0.2, -0.15) is 0 Å². The molecule has 5 heteroatoms. The average molecular weight is 320 g/mol. The van der Waals surface area contributed by atoms with Crippen molar-refractivity contribution in [3.05, 3.63) is 57.8 Å². The van der Waals surface area contributed by atoms with Crippen molar-refractivity contribution in [2.24, 2.45) is 0 Å². The van der Waals surface area contributed by atoms with Crippen LogP contribution in [0.15, 0.2) is 35.3 Å². The fourth-order valence-electron chi connectivity index (χ4n) is 3.00. The minimum Gasteiger partial charge on any atom is -0.398 e. The van der Waals surface area contributed by atoms with Crippen LogP contribution < -0.4 is 11.3 Å². The summed E-state index contributed by atoms with van der Waals surface area (Å²) in [7, 11) is 0. The van der Waals surface area contributed by atoms with Gasteiger partial charge in [-0.15, -0.1) is 0 Å². The normalized spacial score (nSPS) is 11.2. The van der Waals surface area contributed by atoms with E-state index in [2.05, 4.69) is 9.97 Å². The Morgan fingerprint density at radius 3 is 2.62 bits per heavy atom. The number of nitrogens with zero attached hydrogens (tertiary/aromatic N) is 1. The van der Waals surface area contributed by atoms with Crippen molar-refractivity contribution in [1.82, 2.24) is 9.97 Å². The molecule has 0 saturated heterocycles. The molecule has 5 nitrogen and oxygen atoms in total. The molecule has 3 rings (SSSR count). The van der Waals surface area contributed by atoms with Gasteiger partial charge in [0.05, 0.1) is 0 Å². The minimum absolute atomic E-state index is 0.145. The van der Waals surface area contributed by atoms with Gasteiger partial charge in [0.2, 0.25) is 0 Å². The zero-order chi connectivity index (χ0) is 17.4. The van der Waals surface area contributed by atoms with E-state index in [1.165, 1.54) is 6.21 Å². The van der Waals surface area contributed by atoms with Gasteiger partial charge in [0, 0.05) is 46.0 Å². The van der Waals surface area contributed by atoms with Crippen LogP contribution in [0.2, 0.25) is 0 Å². The third-order valence-corrected chi connectivity index (χ3v) is 4.17. The summed E-state index contributed by atoms with van der Waals surface area (Å²) < 4.78 is 0. The number of nitrogen functional groups attached to an aromatic ring is 1. The predicted octanol–water partition coefficient (Wildman–Crippen LogP) is 3.60. The first-order valence-electron chi connectivity index (χ1n) is 7.85. The largest absolute Gasteiger partial charge is 0.398 e. The van der Waals surface area contributed by atoms with E-state index in [-0.39, 0.29) is 11.5 Å². The lowest BCUT2D eigenvalue weighted by Gasteiger charge is -2.17. The summed E-state index contributed by atoms with van der Waals surface area (Å²) in [6.07, 6.45) is 2.98. The number of aromatic nitrogens is 2. The number of fused-ring (bicyclic) bond motifs is 1. The molecule has 1 aromatic carbocycles. The van der Waals surface area contributed by atoms with Gasteiger partial charge in [0.1, 0.15) is 0 Å². The maximum absolute atomic E-state index is 12.5. The number of nitrogens with one attached hydrogen (secondary N) is 2. The molecule has 0 aliphatic heterocycles. The molecule has 0 spiro atoms. The van der Waals surface area contributed by atoms with Crippen LogP contribution in [0.3, 0.4) is 0 Å². The number of pyridine rings is 2. The molecular weight excluding hydrogens is 300 g/mol. The van der Waals surface area contributed by atoms with Crippen molar-refractivity contribution in [2.45, 2.75) is 26.7 Å². The second kappa shape index (κ2) is 5.92. The number of benzene rings is 1. The molecule has 0 aliphatic rings. The number of hydrogen-bond acceptors (Lipinski definition) is 4. The smallest absolute Gasteiger partial charge is 0.256 e. The molecule has 2 heterocycles. The van der Waals surface area contributed by atoms with Gasteiger partial charge < -0.3 is 16.1 Å². The van der Waals surface area contributed by atoms with E-state index in [4.69, 9.17) is 11.1 Å². The maximum atomic E-state index is 12.5. The van der Waals surface area contributed by atoms with Gasteiger partial charge in [0.15, 0.2) is 0 Å². The van der Waals surface area contributed by atoms with Gasteiger partial charge in [-0.1, -0.05) is 13.8 Å².